The minimum Gasteiger partial charge on any atom is -0.493 e. The van der Waals surface area contributed by atoms with Crippen LogP contribution in [-0.2, 0) is 6.42 Å². The Hall–Kier alpha value is -2.09. The van der Waals surface area contributed by atoms with Gasteiger partial charge in [0.2, 0.25) is 0 Å². The SMILES string of the molecule is CCOc1ccc(C)cc1C(=O)Cc1cc(C)ccc1C. The van der Waals surface area contributed by atoms with Crippen LogP contribution in [0.3, 0.4) is 0 Å². The highest BCUT2D eigenvalue weighted by atomic mass is 16.5. The predicted molar refractivity (Wildman–Crippen MR) is 86.3 cm³/mol. The number of Topliss-reactive ketones (excluding diaryl/α,β-unsaturated/α-hetero) is 1. The van der Waals surface area contributed by atoms with Crippen LogP contribution in [0.5, 0.6) is 5.75 Å². The smallest absolute Gasteiger partial charge is 0.170 e. The van der Waals surface area contributed by atoms with Gasteiger partial charge in [0.15, 0.2) is 5.78 Å². The van der Waals surface area contributed by atoms with E-state index < -0.39 is 0 Å². The quantitative estimate of drug-likeness (QED) is 0.758. The molecule has 0 saturated heterocycles. The van der Waals surface area contributed by atoms with Crippen molar-refractivity contribution >= 4 is 5.78 Å². The fourth-order valence-corrected chi connectivity index (χ4v) is 2.40. The Bertz CT molecular complexity index is 657. The third-order valence-corrected chi connectivity index (χ3v) is 3.59. The summed E-state index contributed by atoms with van der Waals surface area (Å²) in [5, 5.41) is 0. The zero-order valence-electron chi connectivity index (χ0n) is 13.2. The first-order valence-corrected chi connectivity index (χ1v) is 7.34. The minimum atomic E-state index is 0.107. The molecule has 0 atom stereocenters. The summed E-state index contributed by atoms with van der Waals surface area (Å²) in [6, 6.07) is 12.0. The van der Waals surface area contributed by atoms with Gasteiger partial charge < -0.3 is 4.74 Å². The summed E-state index contributed by atoms with van der Waals surface area (Å²) in [4.78, 5) is 12.6. The molecule has 0 aliphatic carbocycles. The van der Waals surface area contributed by atoms with Crippen LogP contribution in [-0.4, -0.2) is 12.4 Å². The Morgan fingerprint density at radius 3 is 2.38 bits per heavy atom. The fourth-order valence-electron chi connectivity index (χ4n) is 2.40. The number of aryl methyl sites for hydroxylation is 3. The van der Waals surface area contributed by atoms with Gasteiger partial charge in [0.05, 0.1) is 12.2 Å². The molecular weight excluding hydrogens is 260 g/mol. The van der Waals surface area contributed by atoms with Gasteiger partial charge in [0.25, 0.3) is 0 Å². The van der Waals surface area contributed by atoms with E-state index in [2.05, 4.69) is 18.2 Å². The van der Waals surface area contributed by atoms with Gasteiger partial charge in [0.1, 0.15) is 5.75 Å². The van der Waals surface area contributed by atoms with Crippen LogP contribution in [0.25, 0.3) is 0 Å². The van der Waals surface area contributed by atoms with Crippen LogP contribution < -0.4 is 4.74 Å². The first kappa shape index (κ1) is 15.3. The molecule has 0 aromatic heterocycles. The molecule has 2 aromatic carbocycles. The molecule has 21 heavy (non-hydrogen) atoms. The monoisotopic (exact) mass is 282 g/mol. The van der Waals surface area contributed by atoms with Crippen molar-refractivity contribution in [1.82, 2.24) is 0 Å². The summed E-state index contributed by atoms with van der Waals surface area (Å²) in [5.41, 5.74) is 5.17. The molecule has 0 fully saturated rings. The van der Waals surface area contributed by atoms with Crippen LogP contribution in [0.4, 0.5) is 0 Å². The van der Waals surface area contributed by atoms with Gasteiger partial charge >= 0.3 is 0 Å². The van der Waals surface area contributed by atoms with E-state index in [1.807, 2.05) is 45.9 Å². The zero-order valence-corrected chi connectivity index (χ0v) is 13.2. The van der Waals surface area contributed by atoms with Crippen molar-refractivity contribution in [2.45, 2.75) is 34.1 Å². The molecule has 2 aromatic rings. The molecule has 0 N–H and O–H groups in total. The lowest BCUT2D eigenvalue weighted by Crippen LogP contribution is -2.08. The molecule has 0 unspecified atom stereocenters. The van der Waals surface area contributed by atoms with Crippen LogP contribution in [0.15, 0.2) is 36.4 Å². The predicted octanol–water partition coefficient (Wildman–Crippen LogP) is 4.44. The van der Waals surface area contributed by atoms with Gasteiger partial charge in [-0.3, -0.25) is 4.79 Å². The molecule has 0 amide bonds. The molecule has 0 saturated carbocycles. The van der Waals surface area contributed by atoms with Crippen LogP contribution in [0.2, 0.25) is 0 Å². The third kappa shape index (κ3) is 3.72. The summed E-state index contributed by atoms with van der Waals surface area (Å²) in [5.74, 6) is 0.786. The van der Waals surface area contributed by atoms with Crippen molar-refractivity contribution in [3.05, 3.63) is 64.2 Å². The van der Waals surface area contributed by atoms with Crippen LogP contribution in [0, 0.1) is 20.8 Å². The van der Waals surface area contributed by atoms with E-state index in [0.29, 0.717) is 24.3 Å². The number of ketones is 1. The highest BCUT2D eigenvalue weighted by Crippen LogP contribution is 2.23. The number of rotatable bonds is 5. The van der Waals surface area contributed by atoms with E-state index in [-0.39, 0.29) is 5.78 Å². The molecule has 0 bridgehead atoms. The Kier molecular flexibility index (Phi) is 4.79. The zero-order chi connectivity index (χ0) is 15.4. The summed E-state index contributed by atoms with van der Waals surface area (Å²) < 4.78 is 5.58. The van der Waals surface area contributed by atoms with Crippen molar-refractivity contribution in [2.75, 3.05) is 6.61 Å². The molecule has 0 radical (unpaired) electrons. The lowest BCUT2D eigenvalue weighted by Gasteiger charge is -2.11. The van der Waals surface area contributed by atoms with E-state index in [9.17, 15) is 4.79 Å². The Balaban J connectivity index is 2.31. The Morgan fingerprint density at radius 2 is 1.67 bits per heavy atom. The second kappa shape index (κ2) is 6.57. The van der Waals surface area contributed by atoms with Gasteiger partial charge in [-0.25, -0.2) is 0 Å². The van der Waals surface area contributed by atoms with E-state index in [0.717, 1.165) is 16.7 Å². The normalized spacial score (nSPS) is 10.5. The topological polar surface area (TPSA) is 26.3 Å². The van der Waals surface area contributed by atoms with Gasteiger partial charge in [-0.15, -0.1) is 0 Å². The van der Waals surface area contributed by atoms with E-state index in [1.165, 1.54) is 5.56 Å². The van der Waals surface area contributed by atoms with E-state index >= 15 is 0 Å². The lowest BCUT2D eigenvalue weighted by molar-refractivity contribution is 0.0989. The highest BCUT2D eigenvalue weighted by Gasteiger charge is 2.14. The van der Waals surface area contributed by atoms with Crippen molar-refractivity contribution < 1.29 is 9.53 Å². The molecule has 0 spiro atoms. The molecule has 0 heterocycles. The van der Waals surface area contributed by atoms with Crippen LogP contribution >= 0.6 is 0 Å². The van der Waals surface area contributed by atoms with Crippen molar-refractivity contribution in [3.63, 3.8) is 0 Å². The van der Waals surface area contributed by atoms with Crippen molar-refractivity contribution in [2.24, 2.45) is 0 Å². The van der Waals surface area contributed by atoms with Crippen molar-refractivity contribution in [1.29, 1.82) is 0 Å². The molecule has 110 valence electrons. The second-order valence-electron chi connectivity index (χ2n) is 5.46. The molecule has 2 heteroatoms. The molecule has 2 rings (SSSR count). The molecule has 0 aliphatic heterocycles. The summed E-state index contributed by atoms with van der Waals surface area (Å²) in [6.45, 7) is 8.57. The first-order chi connectivity index (χ1) is 10.0. The van der Waals surface area contributed by atoms with Gasteiger partial charge in [-0.2, -0.15) is 0 Å². The fraction of sp³-hybridized carbons (Fsp3) is 0.316. The Labute approximate surface area is 126 Å². The molecule has 2 nitrogen and oxygen atoms in total. The average molecular weight is 282 g/mol. The van der Waals surface area contributed by atoms with E-state index in [1.54, 1.807) is 0 Å². The number of ether oxygens (including phenoxy) is 1. The van der Waals surface area contributed by atoms with Crippen molar-refractivity contribution in [3.8, 4) is 5.75 Å². The maximum absolute atomic E-state index is 12.6. The number of carbonyl (C=O) groups is 1. The highest BCUT2D eigenvalue weighted by molar-refractivity contribution is 6.00. The number of hydrogen-bond donors (Lipinski definition) is 0. The average Bonchev–Trinajstić information content (AvgIpc) is 2.45. The Morgan fingerprint density at radius 1 is 1.00 bits per heavy atom. The second-order valence-corrected chi connectivity index (χ2v) is 5.46. The third-order valence-electron chi connectivity index (χ3n) is 3.59. The maximum atomic E-state index is 12.6. The number of benzene rings is 2. The number of hydrogen-bond acceptors (Lipinski definition) is 2. The van der Waals surface area contributed by atoms with Gasteiger partial charge in [-0.1, -0.05) is 35.4 Å². The lowest BCUT2D eigenvalue weighted by atomic mass is 9.96. The summed E-state index contributed by atoms with van der Waals surface area (Å²) >= 11 is 0. The summed E-state index contributed by atoms with van der Waals surface area (Å²) in [6.07, 6.45) is 0.414. The van der Waals surface area contributed by atoms with E-state index in [4.69, 9.17) is 4.74 Å². The first-order valence-electron chi connectivity index (χ1n) is 7.34. The largest absolute Gasteiger partial charge is 0.493 e. The number of carbonyl (C=O) groups excluding carboxylic acids is 1. The van der Waals surface area contributed by atoms with Crippen LogP contribution in [0.1, 0.15) is 39.5 Å². The molecular formula is C19H22O2. The molecule has 0 aliphatic rings. The maximum Gasteiger partial charge on any atom is 0.170 e. The summed E-state index contributed by atoms with van der Waals surface area (Å²) in [7, 11) is 0. The standard InChI is InChI=1S/C19H22O2/c1-5-21-19-9-7-14(3)11-17(19)18(20)12-16-10-13(2)6-8-15(16)4/h6-11H,5,12H2,1-4H3. The van der Waals surface area contributed by atoms with Gasteiger partial charge in [-0.05, 0) is 51.0 Å². The van der Waals surface area contributed by atoms with Gasteiger partial charge in [0, 0.05) is 6.42 Å². The minimum absolute atomic E-state index is 0.107.